The van der Waals surface area contributed by atoms with Crippen LogP contribution < -0.4 is 10.2 Å². The van der Waals surface area contributed by atoms with Crippen molar-refractivity contribution in [3.63, 3.8) is 0 Å². The summed E-state index contributed by atoms with van der Waals surface area (Å²) in [6.45, 7) is 5.71. The van der Waals surface area contributed by atoms with Gasteiger partial charge >= 0.3 is 0 Å². The zero-order chi connectivity index (χ0) is 16.8. The molecule has 0 bridgehead atoms. The van der Waals surface area contributed by atoms with E-state index in [4.69, 9.17) is 4.74 Å². The minimum Gasteiger partial charge on any atom is -0.507 e. The summed E-state index contributed by atoms with van der Waals surface area (Å²) in [6.07, 6.45) is 1.40. The number of aryl methyl sites for hydroxylation is 3. The first-order valence-corrected chi connectivity index (χ1v) is 7.27. The lowest BCUT2D eigenvalue weighted by molar-refractivity contribution is -0.123. The molecule has 0 radical (unpaired) electrons. The average molecular weight is 312 g/mol. The normalized spacial score (nSPS) is 10.7. The zero-order valence-corrected chi connectivity index (χ0v) is 13.5. The number of nitrogens with one attached hydrogen (secondary N) is 1. The van der Waals surface area contributed by atoms with Gasteiger partial charge in [-0.25, -0.2) is 5.43 Å². The Bertz CT molecular complexity index is 739. The second kappa shape index (κ2) is 7.45. The Morgan fingerprint density at radius 1 is 1.17 bits per heavy atom. The first-order valence-electron chi connectivity index (χ1n) is 7.27. The van der Waals surface area contributed by atoms with Gasteiger partial charge in [-0.1, -0.05) is 29.3 Å². The number of benzene rings is 2. The summed E-state index contributed by atoms with van der Waals surface area (Å²) >= 11 is 0. The van der Waals surface area contributed by atoms with E-state index in [2.05, 4.69) is 10.5 Å². The van der Waals surface area contributed by atoms with Crippen LogP contribution in [0, 0.1) is 20.8 Å². The van der Waals surface area contributed by atoms with Crippen molar-refractivity contribution >= 4 is 12.1 Å². The van der Waals surface area contributed by atoms with Crippen LogP contribution in [0.2, 0.25) is 0 Å². The molecule has 5 heteroatoms. The van der Waals surface area contributed by atoms with E-state index in [1.54, 1.807) is 18.2 Å². The van der Waals surface area contributed by atoms with Gasteiger partial charge in [0.15, 0.2) is 6.61 Å². The Morgan fingerprint density at radius 3 is 2.61 bits per heavy atom. The van der Waals surface area contributed by atoms with Crippen LogP contribution in [0.15, 0.2) is 41.5 Å². The fourth-order valence-corrected chi connectivity index (χ4v) is 2.09. The van der Waals surface area contributed by atoms with Gasteiger partial charge in [0.05, 0.1) is 6.21 Å². The summed E-state index contributed by atoms with van der Waals surface area (Å²) in [5.74, 6) is 0.416. The summed E-state index contributed by atoms with van der Waals surface area (Å²) in [5.41, 5.74) is 6.03. The van der Waals surface area contributed by atoms with E-state index in [9.17, 15) is 9.90 Å². The van der Waals surface area contributed by atoms with Gasteiger partial charge in [-0.2, -0.15) is 5.10 Å². The Balaban J connectivity index is 1.87. The molecular formula is C18H20N2O3. The number of nitrogens with zero attached hydrogens (tertiary/aromatic N) is 1. The molecule has 0 aliphatic heterocycles. The summed E-state index contributed by atoms with van der Waals surface area (Å²) in [4.78, 5) is 11.7. The number of phenols is 1. The molecule has 0 atom stereocenters. The van der Waals surface area contributed by atoms with Gasteiger partial charge in [0.1, 0.15) is 11.5 Å². The van der Waals surface area contributed by atoms with Crippen LogP contribution in [0.1, 0.15) is 22.3 Å². The maximum Gasteiger partial charge on any atom is 0.277 e. The maximum atomic E-state index is 11.7. The van der Waals surface area contributed by atoms with Gasteiger partial charge in [0.25, 0.3) is 5.91 Å². The first kappa shape index (κ1) is 16.5. The molecule has 0 saturated heterocycles. The predicted octanol–water partition coefficient (Wildman–Crippen LogP) is 2.85. The van der Waals surface area contributed by atoms with Crippen LogP contribution >= 0.6 is 0 Å². The van der Waals surface area contributed by atoms with Gasteiger partial charge in [-0.05, 0) is 44.5 Å². The summed E-state index contributed by atoms with van der Waals surface area (Å²) in [5, 5.41) is 13.5. The van der Waals surface area contributed by atoms with Crippen LogP contribution in [0.4, 0.5) is 0 Å². The zero-order valence-electron chi connectivity index (χ0n) is 13.5. The van der Waals surface area contributed by atoms with Crippen molar-refractivity contribution in [1.82, 2.24) is 5.43 Å². The van der Waals surface area contributed by atoms with E-state index < -0.39 is 0 Å². The molecule has 23 heavy (non-hydrogen) atoms. The van der Waals surface area contributed by atoms with Crippen LogP contribution in [-0.2, 0) is 4.79 Å². The first-order chi connectivity index (χ1) is 11.0. The number of aromatic hydroxyl groups is 1. The molecule has 0 aliphatic rings. The fourth-order valence-electron chi connectivity index (χ4n) is 2.09. The number of phenolic OH excluding ortho intramolecular Hbond substituents is 1. The van der Waals surface area contributed by atoms with E-state index in [1.165, 1.54) is 6.21 Å². The number of rotatable bonds is 5. The van der Waals surface area contributed by atoms with Crippen molar-refractivity contribution in [2.75, 3.05) is 6.61 Å². The smallest absolute Gasteiger partial charge is 0.277 e. The molecule has 2 rings (SSSR count). The van der Waals surface area contributed by atoms with E-state index in [0.29, 0.717) is 11.3 Å². The van der Waals surface area contributed by atoms with E-state index in [0.717, 1.165) is 16.7 Å². The SMILES string of the molecule is Cc1ccc(OCC(=O)N/N=C/c2cc(C)ccc2O)c(C)c1. The van der Waals surface area contributed by atoms with Crippen LogP contribution in [0.3, 0.4) is 0 Å². The Kier molecular flexibility index (Phi) is 5.36. The Hall–Kier alpha value is -2.82. The number of carbonyl (C=O) groups is 1. The molecule has 2 aromatic carbocycles. The summed E-state index contributed by atoms with van der Waals surface area (Å²) in [6, 6.07) is 10.9. The van der Waals surface area contributed by atoms with E-state index in [1.807, 2.05) is 39.0 Å². The largest absolute Gasteiger partial charge is 0.507 e. The van der Waals surface area contributed by atoms with E-state index in [-0.39, 0.29) is 18.3 Å². The quantitative estimate of drug-likeness (QED) is 0.659. The Morgan fingerprint density at radius 2 is 1.87 bits per heavy atom. The van der Waals surface area contributed by atoms with Gasteiger partial charge in [-0.3, -0.25) is 4.79 Å². The predicted molar refractivity (Wildman–Crippen MR) is 90.0 cm³/mol. The minimum absolute atomic E-state index is 0.111. The average Bonchev–Trinajstić information content (AvgIpc) is 2.50. The lowest BCUT2D eigenvalue weighted by Gasteiger charge is -2.08. The van der Waals surface area contributed by atoms with Crippen LogP contribution in [0.25, 0.3) is 0 Å². The van der Waals surface area contributed by atoms with Gasteiger partial charge in [0.2, 0.25) is 0 Å². The molecule has 5 nitrogen and oxygen atoms in total. The molecule has 0 heterocycles. The molecule has 0 aliphatic carbocycles. The van der Waals surface area contributed by atoms with Crippen molar-refractivity contribution in [2.45, 2.75) is 20.8 Å². The molecular weight excluding hydrogens is 292 g/mol. The maximum absolute atomic E-state index is 11.7. The Labute approximate surface area is 135 Å². The number of carbonyl (C=O) groups excluding carboxylic acids is 1. The highest BCUT2D eigenvalue weighted by Gasteiger charge is 2.04. The van der Waals surface area contributed by atoms with Crippen molar-refractivity contribution in [3.05, 3.63) is 58.7 Å². The molecule has 0 fully saturated rings. The van der Waals surface area contributed by atoms with Crippen molar-refractivity contribution < 1.29 is 14.6 Å². The van der Waals surface area contributed by atoms with Gasteiger partial charge in [0, 0.05) is 5.56 Å². The molecule has 0 saturated carbocycles. The molecule has 0 spiro atoms. The lowest BCUT2D eigenvalue weighted by atomic mass is 10.1. The number of ether oxygens (including phenoxy) is 1. The highest BCUT2D eigenvalue weighted by atomic mass is 16.5. The molecule has 1 amide bonds. The number of hydrazone groups is 1. The van der Waals surface area contributed by atoms with E-state index >= 15 is 0 Å². The second-order valence-electron chi connectivity index (χ2n) is 5.41. The monoisotopic (exact) mass is 312 g/mol. The van der Waals surface area contributed by atoms with Crippen LogP contribution in [-0.4, -0.2) is 23.8 Å². The van der Waals surface area contributed by atoms with Crippen LogP contribution in [0.5, 0.6) is 11.5 Å². The fraction of sp³-hybridized carbons (Fsp3) is 0.222. The van der Waals surface area contributed by atoms with Gasteiger partial charge in [-0.15, -0.1) is 0 Å². The molecule has 120 valence electrons. The summed E-state index contributed by atoms with van der Waals surface area (Å²) in [7, 11) is 0. The molecule has 2 aromatic rings. The third-order valence-electron chi connectivity index (χ3n) is 3.27. The van der Waals surface area contributed by atoms with Crippen molar-refractivity contribution in [3.8, 4) is 11.5 Å². The van der Waals surface area contributed by atoms with Crippen molar-refractivity contribution in [2.24, 2.45) is 5.10 Å². The summed E-state index contributed by atoms with van der Waals surface area (Å²) < 4.78 is 5.46. The van der Waals surface area contributed by atoms with Gasteiger partial charge < -0.3 is 9.84 Å². The molecule has 2 N–H and O–H groups in total. The minimum atomic E-state index is -0.367. The lowest BCUT2D eigenvalue weighted by Crippen LogP contribution is -2.24. The molecule has 0 aromatic heterocycles. The number of amides is 1. The third kappa shape index (κ3) is 4.85. The molecule has 0 unspecified atom stereocenters. The number of hydrogen-bond acceptors (Lipinski definition) is 4. The highest BCUT2D eigenvalue weighted by molar-refractivity contribution is 5.85. The standard InChI is InChI=1S/C18H20N2O3/c1-12-5-7-17(14(3)8-12)23-11-18(22)20-19-10-15-9-13(2)4-6-16(15)21/h4-10,21H,11H2,1-3H3,(H,20,22)/b19-10+. The topological polar surface area (TPSA) is 70.9 Å². The van der Waals surface area contributed by atoms with Crippen molar-refractivity contribution in [1.29, 1.82) is 0 Å². The highest BCUT2D eigenvalue weighted by Crippen LogP contribution is 2.18. The third-order valence-corrected chi connectivity index (χ3v) is 3.27. The second-order valence-corrected chi connectivity index (χ2v) is 5.41. The number of hydrogen-bond donors (Lipinski definition) is 2.